The summed E-state index contributed by atoms with van der Waals surface area (Å²) in [5.74, 6) is 0. The fourth-order valence-corrected chi connectivity index (χ4v) is 2.78. The lowest BCUT2D eigenvalue weighted by atomic mass is 10.2. The third-order valence-corrected chi connectivity index (χ3v) is 4.34. The summed E-state index contributed by atoms with van der Waals surface area (Å²) in [6, 6.07) is 10.7. The SMILES string of the molecule is C[C@@H]1CCOCCN1C(=O)NCCCCN(C)c1ccccc1. The smallest absolute Gasteiger partial charge is 0.317 e. The molecule has 0 saturated carbocycles. The first kappa shape index (κ1) is 17.6. The number of nitrogens with one attached hydrogen (secondary N) is 1. The molecule has 2 rings (SSSR count). The molecule has 0 radical (unpaired) electrons. The Labute approximate surface area is 139 Å². The van der Waals surface area contributed by atoms with Gasteiger partial charge in [0.2, 0.25) is 0 Å². The number of anilines is 1. The van der Waals surface area contributed by atoms with Gasteiger partial charge in [0, 0.05) is 45.0 Å². The quantitative estimate of drug-likeness (QED) is 0.820. The number of urea groups is 1. The van der Waals surface area contributed by atoms with Crippen molar-refractivity contribution >= 4 is 11.7 Å². The molecule has 23 heavy (non-hydrogen) atoms. The molecule has 1 aliphatic heterocycles. The number of ether oxygens (including phenoxy) is 1. The summed E-state index contributed by atoms with van der Waals surface area (Å²) in [5, 5.41) is 3.04. The van der Waals surface area contributed by atoms with Gasteiger partial charge in [-0.15, -0.1) is 0 Å². The molecule has 5 nitrogen and oxygen atoms in total. The van der Waals surface area contributed by atoms with E-state index in [0.717, 1.165) is 39.0 Å². The standard InChI is InChI=1S/C18H29N3O2/c1-16-10-14-23-15-13-21(16)18(22)19-11-6-7-12-20(2)17-8-4-3-5-9-17/h3-5,8-9,16H,6-7,10-15H2,1-2H3,(H,19,22)/t16-/m1/s1. The first-order valence-electron chi connectivity index (χ1n) is 8.57. The second-order valence-electron chi connectivity index (χ2n) is 6.14. The van der Waals surface area contributed by atoms with Crippen LogP contribution < -0.4 is 10.2 Å². The van der Waals surface area contributed by atoms with E-state index in [1.165, 1.54) is 5.69 Å². The van der Waals surface area contributed by atoms with Crippen LogP contribution in [0.2, 0.25) is 0 Å². The molecule has 1 heterocycles. The molecule has 1 saturated heterocycles. The molecule has 1 N–H and O–H groups in total. The van der Waals surface area contributed by atoms with E-state index in [4.69, 9.17) is 4.74 Å². The minimum atomic E-state index is 0.0411. The van der Waals surface area contributed by atoms with Gasteiger partial charge in [-0.3, -0.25) is 0 Å². The number of para-hydroxylation sites is 1. The monoisotopic (exact) mass is 319 g/mol. The van der Waals surface area contributed by atoms with Crippen molar-refractivity contribution in [1.29, 1.82) is 0 Å². The van der Waals surface area contributed by atoms with E-state index in [1.54, 1.807) is 0 Å². The summed E-state index contributed by atoms with van der Waals surface area (Å²) >= 11 is 0. The van der Waals surface area contributed by atoms with Gasteiger partial charge in [-0.1, -0.05) is 18.2 Å². The van der Waals surface area contributed by atoms with Gasteiger partial charge in [0.05, 0.1) is 6.61 Å². The molecule has 0 spiro atoms. The van der Waals surface area contributed by atoms with E-state index in [-0.39, 0.29) is 12.1 Å². The molecule has 5 heteroatoms. The third-order valence-electron chi connectivity index (χ3n) is 4.34. The Morgan fingerprint density at radius 2 is 2.09 bits per heavy atom. The van der Waals surface area contributed by atoms with Crippen LogP contribution in [0.3, 0.4) is 0 Å². The zero-order valence-electron chi connectivity index (χ0n) is 14.3. The molecule has 1 fully saturated rings. The van der Waals surface area contributed by atoms with E-state index in [9.17, 15) is 4.79 Å². The van der Waals surface area contributed by atoms with Gasteiger partial charge < -0.3 is 19.9 Å². The van der Waals surface area contributed by atoms with E-state index in [2.05, 4.69) is 48.5 Å². The highest BCUT2D eigenvalue weighted by atomic mass is 16.5. The summed E-state index contributed by atoms with van der Waals surface area (Å²) < 4.78 is 5.43. The number of amides is 2. The zero-order valence-corrected chi connectivity index (χ0v) is 14.3. The Balaban J connectivity index is 1.62. The molecule has 1 atom stereocenters. The van der Waals surface area contributed by atoms with Gasteiger partial charge in [0.25, 0.3) is 0 Å². The number of hydrogen-bond acceptors (Lipinski definition) is 3. The lowest BCUT2D eigenvalue weighted by molar-refractivity contribution is 0.142. The second kappa shape index (κ2) is 9.40. The van der Waals surface area contributed by atoms with Crippen molar-refractivity contribution in [2.24, 2.45) is 0 Å². The Hall–Kier alpha value is -1.75. The van der Waals surface area contributed by atoms with E-state index >= 15 is 0 Å². The maximum absolute atomic E-state index is 12.2. The second-order valence-corrected chi connectivity index (χ2v) is 6.14. The maximum Gasteiger partial charge on any atom is 0.317 e. The van der Waals surface area contributed by atoms with Crippen molar-refractivity contribution in [1.82, 2.24) is 10.2 Å². The van der Waals surface area contributed by atoms with Crippen LogP contribution in [0.4, 0.5) is 10.5 Å². The average Bonchev–Trinajstić information content (AvgIpc) is 2.79. The molecular formula is C18H29N3O2. The number of benzene rings is 1. The van der Waals surface area contributed by atoms with Crippen LogP contribution in [0.15, 0.2) is 30.3 Å². The molecule has 1 aliphatic rings. The molecule has 0 aliphatic carbocycles. The summed E-state index contributed by atoms with van der Waals surface area (Å²) in [4.78, 5) is 16.4. The van der Waals surface area contributed by atoms with Crippen LogP contribution in [-0.2, 0) is 4.74 Å². The van der Waals surface area contributed by atoms with Gasteiger partial charge in [-0.25, -0.2) is 4.79 Å². The predicted molar refractivity (Wildman–Crippen MR) is 93.9 cm³/mol. The fraction of sp³-hybridized carbons (Fsp3) is 0.611. The van der Waals surface area contributed by atoms with E-state index < -0.39 is 0 Å². The van der Waals surface area contributed by atoms with Crippen LogP contribution in [0.5, 0.6) is 0 Å². The Bertz CT molecular complexity index is 467. The zero-order chi connectivity index (χ0) is 16.5. The molecule has 0 bridgehead atoms. The van der Waals surface area contributed by atoms with Crippen molar-refractivity contribution in [3.05, 3.63) is 30.3 Å². The number of carbonyl (C=O) groups excluding carboxylic acids is 1. The van der Waals surface area contributed by atoms with Crippen LogP contribution >= 0.6 is 0 Å². The molecule has 0 unspecified atom stereocenters. The van der Waals surface area contributed by atoms with Crippen molar-refractivity contribution in [2.75, 3.05) is 44.8 Å². The first-order chi connectivity index (χ1) is 11.2. The van der Waals surface area contributed by atoms with Crippen molar-refractivity contribution in [3.63, 3.8) is 0 Å². The topological polar surface area (TPSA) is 44.8 Å². The highest BCUT2D eigenvalue weighted by molar-refractivity contribution is 5.74. The van der Waals surface area contributed by atoms with Crippen molar-refractivity contribution < 1.29 is 9.53 Å². The van der Waals surface area contributed by atoms with E-state index in [1.807, 2.05) is 11.0 Å². The van der Waals surface area contributed by atoms with Crippen LogP contribution in [-0.4, -0.2) is 56.9 Å². The molecule has 0 aromatic heterocycles. The highest BCUT2D eigenvalue weighted by Gasteiger charge is 2.21. The lowest BCUT2D eigenvalue weighted by Gasteiger charge is -2.26. The van der Waals surface area contributed by atoms with Crippen LogP contribution in [0.25, 0.3) is 0 Å². The van der Waals surface area contributed by atoms with Crippen LogP contribution in [0, 0.1) is 0 Å². The first-order valence-corrected chi connectivity index (χ1v) is 8.57. The van der Waals surface area contributed by atoms with Gasteiger partial charge in [-0.05, 0) is 38.3 Å². The molecule has 1 aromatic rings. The molecular weight excluding hydrogens is 290 g/mol. The summed E-state index contributed by atoms with van der Waals surface area (Å²) in [6.45, 7) is 5.88. The maximum atomic E-state index is 12.2. The highest BCUT2D eigenvalue weighted by Crippen LogP contribution is 2.11. The van der Waals surface area contributed by atoms with Gasteiger partial charge in [-0.2, -0.15) is 0 Å². The lowest BCUT2D eigenvalue weighted by Crippen LogP contribution is -2.45. The van der Waals surface area contributed by atoms with E-state index in [0.29, 0.717) is 13.2 Å². The number of carbonyl (C=O) groups is 1. The summed E-state index contributed by atoms with van der Waals surface area (Å²) in [6.07, 6.45) is 2.96. The Morgan fingerprint density at radius 3 is 2.87 bits per heavy atom. The van der Waals surface area contributed by atoms with Crippen molar-refractivity contribution in [2.45, 2.75) is 32.2 Å². The fourth-order valence-electron chi connectivity index (χ4n) is 2.78. The van der Waals surface area contributed by atoms with Gasteiger partial charge in [0.1, 0.15) is 0 Å². The Kier molecular flexibility index (Phi) is 7.20. The Morgan fingerprint density at radius 1 is 1.30 bits per heavy atom. The van der Waals surface area contributed by atoms with Crippen LogP contribution in [0.1, 0.15) is 26.2 Å². The number of rotatable bonds is 6. The summed E-state index contributed by atoms with van der Waals surface area (Å²) in [7, 11) is 2.10. The predicted octanol–water partition coefficient (Wildman–Crippen LogP) is 2.72. The third kappa shape index (κ3) is 5.75. The minimum Gasteiger partial charge on any atom is -0.380 e. The van der Waals surface area contributed by atoms with Crippen molar-refractivity contribution in [3.8, 4) is 0 Å². The number of hydrogen-bond donors (Lipinski definition) is 1. The molecule has 2 amide bonds. The largest absolute Gasteiger partial charge is 0.380 e. The summed E-state index contributed by atoms with van der Waals surface area (Å²) in [5.41, 5.74) is 1.23. The van der Waals surface area contributed by atoms with Gasteiger partial charge in [0.15, 0.2) is 0 Å². The number of unbranched alkanes of at least 4 members (excludes halogenated alkanes) is 1. The average molecular weight is 319 g/mol. The minimum absolute atomic E-state index is 0.0411. The normalized spacial score (nSPS) is 18.3. The molecule has 128 valence electrons. The molecule has 1 aromatic carbocycles. The number of nitrogens with zero attached hydrogens (tertiary/aromatic N) is 2. The van der Waals surface area contributed by atoms with Gasteiger partial charge >= 0.3 is 6.03 Å².